The average Bonchev–Trinajstić information content (AvgIpc) is 3.11. The predicted octanol–water partition coefficient (Wildman–Crippen LogP) is 2.17. The molecule has 26 heavy (non-hydrogen) atoms. The van der Waals surface area contributed by atoms with E-state index in [9.17, 15) is 4.79 Å². The summed E-state index contributed by atoms with van der Waals surface area (Å²) in [5.41, 5.74) is 2.12. The van der Waals surface area contributed by atoms with E-state index in [2.05, 4.69) is 39.4 Å². The van der Waals surface area contributed by atoms with Crippen LogP contribution in [0.4, 0.5) is 0 Å². The number of carbonyl (C=O) groups is 1. The highest BCUT2D eigenvalue weighted by molar-refractivity contribution is 7.99. The van der Waals surface area contributed by atoms with Gasteiger partial charge < -0.3 is 4.90 Å². The van der Waals surface area contributed by atoms with Gasteiger partial charge in [-0.25, -0.2) is 0 Å². The molecular weight excluding hydrogens is 346 g/mol. The number of aromatic nitrogens is 3. The second-order valence-corrected chi connectivity index (χ2v) is 7.29. The number of pyridine rings is 1. The highest BCUT2D eigenvalue weighted by atomic mass is 32.2. The maximum absolute atomic E-state index is 12.5. The summed E-state index contributed by atoms with van der Waals surface area (Å²) in [4.78, 5) is 16.9. The van der Waals surface area contributed by atoms with Crippen molar-refractivity contribution in [1.82, 2.24) is 24.4 Å². The van der Waals surface area contributed by atoms with Gasteiger partial charge in [0.1, 0.15) is 0 Å². The normalized spacial score (nSPS) is 15.5. The van der Waals surface area contributed by atoms with Gasteiger partial charge in [-0.3, -0.25) is 14.1 Å². The molecule has 0 aliphatic carbocycles. The summed E-state index contributed by atoms with van der Waals surface area (Å²) in [5.74, 6) is 0.566. The van der Waals surface area contributed by atoms with E-state index in [1.54, 1.807) is 0 Å². The van der Waals surface area contributed by atoms with Crippen molar-refractivity contribution in [2.45, 2.75) is 11.7 Å². The monoisotopic (exact) mass is 367 g/mol. The first kappa shape index (κ1) is 17.1. The SMILES string of the molecule is O=C(CSc1nnc2ccccn12)N1CCN(Cc2ccccc2)CC1. The van der Waals surface area contributed by atoms with Crippen molar-refractivity contribution in [3.05, 3.63) is 60.3 Å². The third kappa shape index (κ3) is 3.89. The molecule has 0 saturated carbocycles. The van der Waals surface area contributed by atoms with E-state index in [-0.39, 0.29) is 5.91 Å². The van der Waals surface area contributed by atoms with Gasteiger partial charge in [0.05, 0.1) is 5.75 Å². The molecule has 0 unspecified atom stereocenters. The van der Waals surface area contributed by atoms with Crippen LogP contribution in [0.1, 0.15) is 5.56 Å². The maximum atomic E-state index is 12.5. The first-order valence-electron chi connectivity index (χ1n) is 8.76. The highest BCUT2D eigenvalue weighted by Crippen LogP contribution is 2.18. The topological polar surface area (TPSA) is 53.7 Å². The van der Waals surface area contributed by atoms with Crippen molar-refractivity contribution < 1.29 is 4.79 Å². The van der Waals surface area contributed by atoms with E-state index in [4.69, 9.17) is 0 Å². The Morgan fingerprint density at radius 3 is 2.54 bits per heavy atom. The molecule has 1 aliphatic rings. The Labute approximate surface area is 156 Å². The minimum atomic E-state index is 0.169. The summed E-state index contributed by atoms with van der Waals surface area (Å²) >= 11 is 1.45. The Morgan fingerprint density at radius 1 is 0.962 bits per heavy atom. The fraction of sp³-hybridized carbons (Fsp3) is 0.316. The Morgan fingerprint density at radius 2 is 1.73 bits per heavy atom. The molecule has 1 saturated heterocycles. The first-order chi connectivity index (χ1) is 12.8. The van der Waals surface area contributed by atoms with Crippen LogP contribution >= 0.6 is 11.8 Å². The smallest absolute Gasteiger partial charge is 0.233 e. The Bertz CT molecular complexity index is 874. The molecule has 0 bridgehead atoms. The Hall–Kier alpha value is -2.38. The number of benzene rings is 1. The highest BCUT2D eigenvalue weighted by Gasteiger charge is 2.21. The largest absolute Gasteiger partial charge is 0.339 e. The van der Waals surface area contributed by atoms with Gasteiger partial charge in [-0.1, -0.05) is 48.2 Å². The Balaban J connectivity index is 1.27. The van der Waals surface area contributed by atoms with Crippen molar-refractivity contribution in [1.29, 1.82) is 0 Å². The summed E-state index contributed by atoms with van der Waals surface area (Å²) < 4.78 is 1.91. The molecule has 6 nitrogen and oxygen atoms in total. The minimum absolute atomic E-state index is 0.169. The fourth-order valence-corrected chi connectivity index (χ4v) is 3.96. The second kappa shape index (κ2) is 7.88. The van der Waals surface area contributed by atoms with Gasteiger partial charge >= 0.3 is 0 Å². The fourth-order valence-electron chi connectivity index (χ4n) is 3.13. The van der Waals surface area contributed by atoms with Gasteiger partial charge in [-0.05, 0) is 17.7 Å². The summed E-state index contributed by atoms with van der Waals surface area (Å²) in [6, 6.07) is 16.3. The van der Waals surface area contributed by atoms with Gasteiger partial charge in [0.25, 0.3) is 0 Å². The van der Waals surface area contributed by atoms with Crippen LogP contribution < -0.4 is 0 Å². The zero-order valence-electron chi connectivity index (χ0n) is 14.5. The minimum Gasteiger partial charge on any atom is -0.339 e. The van der Waals surface area contributed by atoms with Crippen LogP contribution in [0, 0.1) is 0 Å². The zero-order chi connectivity index (χ0) is 17.8. The van der Waals surface area contributed by atoms with Gasteiger partial charge in [-0.2, -0.15) is 0 Å². The van der Waals surface area contributed by atoms with Gasteiger partial charge in [-0.15, -0.1) is 10.2 Å². The molecule has 7 heteroatoms. The van der Waals surface area contributed by atoms with E-state index in [0.29, 0.717) is 5.75 Å². The molecule has 0 spiro atoms. The van der Waals surface area contributed by atoms with E-state index >= 15 is 0 Å². The molecular formula is C19H21N5OS. The summed E-state index contributed by atoms with van der Waals surface area (Å²) in [6.45, 7) is 4.35. The standard InChI is InChI=1S/C19H21N5OS/c25-18(15-26-19-21-20-17-8-4-5-9-24(17)19)23-12-10-22(11-13-23)14-16-6-2-1-3-7-16/h1-9H,10-15H2. The molecule has 0 radical (unpaired) electrons. The summed E-state index contributed by atoms with van der Waals surface area (Å²) in [6.07, 6.45) is 1.92. The molecule has 3 heterocycles. The maximum Gasteiger partial charge on any atom is 0.233 e. The van der Waals surface area contributed by atoms with Crippen molar-refractivity contribution >= 4 is 23.3 Å². The molecule has 0 N–H and O–H groups in total. The number of carbonyl (C=O) groups excluding carboxylic acids is 1. The van der Waals surface area contributed by atoms with Crippen LogP contribution in [0.25, 0.3) is 5.65 Å². The number of nitrogens with zero attached hydrogens (tertiary/aromatic N) is 5. The molecule has 1 amide bonds. The van der Waals surface area contributed by atoms with Gasteiger partial charge in [0, 0.05) is 38.9 Å². The van der Waals surface area contributed by atoms with Crippen molar-refractivity contribution in [3.63, 3.8) is 0 Å². The quantitative estimate of drug-likeness (QED) is 0.647. The number of thioether (sulfide) groups is 1. The molecule has 4 rings (SSSR count). The lowest BCUT2D eigenvalue weighted by atomic mass is 10.2. The van der Waals surface area contributed by atoms with E-state index < -0.39 is 0 Å². The number of fused-ring (bicyclic) bond motifs is 1. The molecule has 1 aromatic carbocycles. The third-order valence-corrected chi connectivity index (χ3v) is 5.51. The third-order valence-electron chi connectivity index (χ3n) is 4.58. The van der Waals surface area contributed by atoms with Crippen LogP contribution in [-0.2, 0) is 11.3 Å². The lowest BCUT2D eigenvalue weighted by molar-refractivity contribution is -0.130. The van der Waals surface area contributed by atoms with Crippen LogP contribution in [-0.4, -0.2) is 62.2 Å². The van der Waals surface area contributed by atoms with Crippen molar-refractivity contribution in [3.8, 4) is 0 Å². The average molecular weight is 367 g/mol. The van der Waals surface area contributed by atoms with Crippen LogP contribution in [0.2, 0.25) is 0 Å². The molecule has 3 aromatic rings. The van der Waals surface area contributed by atoms with Crippen molar-refractivity contribution in [2.24, 2.45) is 0 Å². The van der Waals surface area contributed by atoms with E-state index in [1.807, 2.05) is 39.8 Å². The summed E-state index contributed by atoms with van der Waals surface area (Å²) in [5, 5.41) is 9.05. The van der Waals surface area contributed by atoms with Crippen molar-refractivity contribution in [2.75, 3.05) is 31.9 Å². The molecule has 134 valence electrons. The first-order valence-corrected chi connectivity index (χ1v) is 9.75. The summed E-state index contributed by atoms with van der Waals surface area (Å²) in [7, 11) is 0. The van der Waals surface area contributed by atoms with E-state index in [0.717, 1.165) is 43.5 Å². The van der Waals surface area contributed by atoms with Crippen LogP contribution in [0.15, 0.2) is 59.9 Å². The lowest BCUT2D eigenvalue weighted by Crippen LogP contribution is -2.48. The predicted molar refractivity (Wildman–Crippen MR) is 102 cm³/mol. The number of hydrogen-bond donors (Lipinski definition) is 0. The van der Waals surface area contributed by atoms with Gasteiger partial charge in [0.2, 0.25) is 5.91 Å². The number of amides is 1. The molecule has 1 aliphatic heterocycles. The second-order valence-electron chi connectivity index (χ2n) is 6.34. The number of hydrogen-bond acceptors (Lipinski definition) is 5. The number of rotatable bonds is 5. The molecule has 2 aromatic heterocycles. The zero-order valence-corrected chi connectivity index (χ0v) is 15.3. The molecule has 0 atom stereocenters. The molecule has 1 fully saturated rings. The van der Waals surface area contributed by atoms with Crippen LogP contribution in [0.5, 0.6) is 0 Å². The van der Waals surface area contributed by atoms with E-state index in [1.165, 1.54) is 17.3 Å². The van der Waals surface area contributed by atoms with Crippen LogP contribution in [0.3, 0.4) is 0 Å². The number of piperazine rings is 1. The lowest BCUT2D eigenvalue weighted by Gasteiger charge is -2.34. The Kier molecular flexibility index (Phi) is 5.17. The van der Waals surface area contributed by atoms with Gasteiger partial charge in [0.15, 0.2) is 10.8 Å².